The van der Waals surface area contributed by atoms with Gasteiger partial charge in [0.25, 0.3) is 0 Å². The maximum absolute atomic E-state index is 5.80. The minimum Gasteiger partial charge on any atom is -0.399 e. The summed E-state index contributed by atoms with van der Waals surface area (Å²) in [6, 6.07) is 6.52. The predicted molar refractivity (Wildman–Crippen MR) is 78.2 cm³/mol. The van der Waals surface area contributed by atoms with Crippen molar-refractivity contribution >= 4 is 44.1 Å². The molecule has 1 atom stereocenters. The van der Waals surface area contributed by atoms with E-state index in [9.17, 15) is 0 Å². The molecule has 5 heteroatoms. The summed E-state index contributed by atoms with van der Waals surface area (Å²) in [6.07, 6.45) is 0. The molecule has 1 aliphatic heterocycles. The Morgan fingerprint density at radius 2 is 2.35 bits per heavy atom. The molecule has 1 aromatic carbocycles. The molecule has 3 rings (SSSR count). The maximum Gasteiger partial charge on any atom is 0.186 e. The summed E-state index contributed by atoms with van der Waals surface area (Å²) in [4.78, 5) is 7.12. The van der Waals surface area contributed by atoms with E-state index in [0.717, 1.165) is 22.9 Å². The molecule has 0 saturated carbocycles. The van der Waals surface area contributed by atoms with Crippen molar-refractivity contribution in [3.63, 3.8) is 0 Å². The second-order valence-corrected chi connectivity index (χ2v) is 6.50. The summed E-state index contributed by atoms with van der Waals surface area (Å²) >= 11 is 3.77. The Bertz CT molecular complexity index is 538. The molecule has 90 valence electrons. The lowest BCUT2D eigenvalue weighted by Gasteiger charge is -2.32. The third-order valence-electron chi connectivity index (χ3n) is 3.01. The van der Waals surface area contributed by atoms with Gasteiger partial charge in [-0.2, -0.15) is 11.8 Å². The smallest absolute Gasteiger partial charge is 0.186 e. The first kappa shape index (κ1) is 11.2. The van der Waals surface area contributed by atoms with Gasteiger partial charge in [0.15, 0.2) is 5.13 Å². The van der Waals surface area contributed by atoms with Gasteiger partial charge in [-0.05, 0) is 25.1 Å². The van der Waals surface area contributed by atoms with Crippen LogP contribution in [0.5, 0.6) is 0 Å². The lowest BCUT2D eigenvalue weighted by Crippen LogP contribution is -2.40. The van der Waals surface area contributed by atoms with Crippen molar-refractivity contribution in [1.29, 1.82) is 0 Å². The van der Waals surface area contributed by atoms with Crippen LogP contribution in [0, 0.1) is 0 Å². The Morgan fingerprint density at radius 3 is 3.18 bits per heavy atom. The van der Waals surface area contributed by atoms with Crippen molar-refractivity contribution in [1.82, 2.24) is 4.98 Å². The average Bonchev–Trinajstić information content (AvgIpc) is 2.72. The first-order valence-corrected chi connectivity index (χ1v) is 7.71. The zero-order valence-corrected chi connectivity index (χ0v) is 11.4. The Kier molecular flexibility index (Phi) is 2.88. The van der Waals surface area contributed by atoms with Gasteiger partial charge in [0.1, 0.15) is 0 Å². The van der Waals surface area contributed by atoms with Crippen molar-refractivity contribution in [2.24, 2.45) is 0 Å². The van der Waals surface area contributed by atoms with Gasteiger partial charge in [0.05, 0.1) is 10.2 Å². The minimum absolute atomic E-state index is 0.576. The molecule has 2 aromatic rings. The fourth-order valence-electron chi connectivity index (χ4n) is 2.06. The van der Waals surface area contributed by atoms with E-state index in [2.05, 4.69) is 11.8 Å². The number of nitrogens with two attached hydrogens (primary N) is 1. The van der Waals surface area contributed by atoms with Crippen LogP contribution in [-0.4, -0.2) is 29.1 Å². The highest BCUT2D eigenvalue weighted by molar-refractivity contribution is 7.99. The minimum atomic E-state index is 0.576. The molecule has 2 N–H and O–H groups in total. The molecule has 17 heavy (non-hydrogen) atoms. The molecule has 1 aliphatic rings. The highest BCUT2D eigenvalue weighted by atomic mass is 32.2. The van der Waals surface area contributed by atoms with Crippen LogP contribution in [0.2, 0.25) is 0 Å². The standard InChI is InChI=1S/C12H15N3S2/c1-8-7-16-5-4-15(8)12-14-10-3-2-9(13)6-11(10)17-12/h2-3,6,8H,4-5,7,13H2,1H3. The number of aromatic nitrogens is 1. The number of thioether (sulfide) groups is 1. The van der Waals surface area contributed by atoms with Crippen LogP contribution in [0.4, 0.5) is 10.8 Å². The third kappa shape index (κ3) is 2.09. The number of nitrogen functional groups attached to an aromatic ring is 1. The van der Waals surface area contributed by atoms with Crippen LogP contribution in [0.15, 0.2) is 18.2 Å². The summed E-state index contributed by atoms with van der Waals surface area (Å²) in [5, 5.41) is 1.14. The van der Waals surface area contributed by atoms with E-state index in [-0.39, 0.29) is 0 Å². The van der Waals surface area contributed by atoms with Gasteiger partial charge in [0, 0.05) is 29.8 Å². The molecule has 1 unspecified atom stereocenters. The molecule has 0 bridgehead atoms. The van der Waals surface area contributed by atoms with Crippen LogP contribution >= 0.6 is 23.1 Å². The van der Waals surface area contributed by atoms with Crippen LogP contribution < -0.4 is 10.6 Å². The van der Waals surface area contributed by atoms with Crippen LogP contribution in [0.3, 0.4) is 0 Å². The van der Waals surface area contributed by atoms with Crippen LogP contribution in [-0.2, 0) is 0 Å². The number of benzene rings is 1. The molecule has 1 fully saturated rings. The van der Waals surface area contributed by atoms with Crippen molar-refractivity contribution < 1.29 is 0 Å². The summed E-state index contributed by atoms with van der Waals surface area (Å²) in [5.74, 6) is 2.39. The third-order valence-corrected chi connectivity index (χ3v) is 5.26. The van der Waals surface area contributed by atoms with Crippen molar-refractivity contribution in [3.05, 3.63) is 18.2 Å². The highest BCUT2D eigenvalue weighted by Gasteiger charge is 2.21. The van der Waals surface area contributed by atoms with Gasteiger partial charge in [-0.25, -0.2) is 4.98 Å². The molecule has 0 spiro atoms. The van der Waals surface area contributed by atoms with E-state index < -0.39 is 0 Å². The molecular formula is C12H15N3S2. The molecular weight excluding hydrogens is 250 g/mol. The van der Waals surface area contributed by atoms with Crippen LogP contribution in [0.1, 0.15) is 6.92 Å². The van der Waals surface area contributed by atoms with Crippen molar-refractivity contribution in [2.75, 3.05) is 28.7 Å². The molecule has 1 saturated heterocycles. The fraction of sp³-hybridized carbons (Fsp3) is 0.417. The quantitative estimate of drug-likeness (QED) is 0.805. The van der Waals surface area contributed by atoms with E-state index in [1.54, 1.807) is 11.3 Å². The van der Waals surface area contributed by atoms with Crippen molar-refractivity contribution in [3.8, 4) is 0 Å². The van der Waals surface area contributed by atoms with Crippen molar-refractivity contribution in [2.45, 2.75) is 13.0 Å². The van der Waals surface area contributed by atoms with Gasteiger partial charge in [-0.3, -0.25) is 0 Å². The molecule has 0 amide bonds. The lowest BCUT2D eigenvalue weighted by molar-refractivity contribution is 0.698. The average molecular weight is 265 g/mol. The molecule has 3 nitrogen and oxygen atoms in total. The Balaban J connectivity index is 1.99. The molecule has 0 aliphatic carbocycles. The number of nitrogens with zero attached hydrogens (tertiary/aromatic N) is 2. The summed E-state index contributed by atoms with van der Waals surface area (Å²) in [7, 11) is 0. The van der Waals surface area contributed by atoms with E-state index in [0.29, 0.717) is 6.04 Å². The zero-order valence-electron chi connectivity index (χ0n) is 9.72. The number of hydrogen-bond donors (Lipinski definition) is 1. The maximum atomic E-state index is 5.80. The Hall–Kier alpha value is -0.940. The largest absolute Gasteiger partial charge is 0.399 e. The highest BCUT2D eigenvalue weighted by Crippen LogP contribution is 2.32. The number of hydrogen-bond acceptors (Lipinski definition) is 5. The lowest BCUT2D eigenvalue weighted by atomic mass is 10.3. The normalized spacial score (nSPS) is 21.0. The molecule has 0 radical (unpaired) electrons. The van der Waals surface area contributed by atoms with Gasteiger partial charge in [-0.15, -0.1) is 0 Å². The second-order valence-electron chi connectivity index (χ2n) is 4.34. The van der Waals surface area contributed by atoms with Gasteiger partial charge in [-0.1, -0.05) is 11.3 Å². The first-order chi connectivity index (χ1) is 8.24. The fourth-order valence-corrected chi connectivity index (χ4v) is 4.22. The van der Waals surface area contributed by atoms with E-state index >= 15 is 0 Å². The SMILES string of the molecule is CC1CSCCN1c1nc2ccc(N)cc2s1. The number of thiazole rings is 1. The summed E-state index contributed by atoms with van der Waals surface area (Å²) in [6.45, 7) is 3.37. The Labute approximate surface area is 109 Å². The predicted octanol–water partition coefficient (Wildman–Crippen LogP) is 2.82. The zero-order chi connectivity index (χ0) is 11.8. The summed E-state index contributed by atoms with van der Waals surface area (Å²) in [5.41, 5.74) is 7.68. The Morgan fingerprint density at radius 1 is 1.47 bits per heavy atom. The van der Waals surface area contributed by atoms with Crippen LogP contribution in [0.25, 0.3) is 10.2 Å². The first-order valence-electron chi connectivity index (χ1n) is 5.74. The van der Waals surface area contributed by atoms with Gasteiger partial charge >= 0.3 is 0 Å². The van der Waals surface area contributed by atoms with E-state index in [1.165, 1.54) is 16.2 Å². The monoisotopic (exact) mass is 265 g/mol. The number of rotatable bonds is 1. The molecule has 1 aromatic heterocycles. The summed E-state index contributed by atoms with van der Waals surface area (Å²) < 4.78 is 1.19. The van der Waals surface area contributed by atoms with E-state index in [4.69, 9.17) is 10.7 Å². The van der Waals surface area contributed by atoms with Gasteiger partial charge < -0.3 is 10.6 Å². The van der Waals surface area contributed by atoms with Gasteiger partial charge in [0.2, 0.25) is 0 Å². The number of fused-ring (bicyclic) bond motifs is 1. The topological polar surface area (TPSA) is 42.2 Å². The second kappa shape index (κ2) is 4.38. The van der Waals surface area contributed by atoms with E-state index in [1.807, 2.05) is 30.0 Å². The number of anilines is 2. The molecule has 2 heterocycles.